The van der Waals surface area contributed by atoms with Crippen LogP contribution in [0.5, 0.6) is 5.75 Å². The normalized spacial score (nSPS) is 15.1. The molecule has 0 aliphatic carbocycles. The number of ether oxygens (including phenoxy) is 1. The number of nitrogens with zero attached hydrogens (tertiary/aromatic N) is 1. The molecule has 156 valence electrons. The molecule has 30 heavy (non-hydrogen) atoms. The molecule has 5 nitrogen and oxygen atoms in total. The average Bonchev–Trinajstić information content (AvgIpc) is 3.00. The smallest absolute Gasteiger partial charge is 0.303 e. The number of thiocarbonyl (C=S) groups is 1. The molecule has 0 spiro atoms. The molecular formula is C23H23NO4S2. The van der Waals surface area contributed by atoms with Gasteiger partial charge >= 0.3 is 5.97 Å². The second-order valence-corrected chi connectivity index (χ2v) is 8.56. The Morgan fingerprint density at radius 1 is 1.10 bits per heavy atom. The molecule has 0 saturated carbocycles. The number of hydrogen-bond acceptors (Lipinski definition) is 5. The number of carbonyl (C=O) groups excluding carboxylic acids is 1. The Morgan fingerprint density at radius 2 is 1.90 bits per heavy atom. The lowest BCUT2D eigenvalue weighted by Gasteiger charge is -2.13. The molecule has 1 heterocycles. The summed E-state index contributed by atoms with van der Waals surface area (Å²) in [6.45, 7) is 0.996. The van der Waals surface area contributed by atoms with E-state index in [1.54, 1.807) is 4.90 Å². The summed E-state index contributed by atoms with van der Waals surface area (Å²) in [6, 6.07) is 17.6. The van der Waals surface area contributed by atoms with Crippen molar-refractivity contribution in [1.29, 1.82) is 0 Å². The van der Waals surface area contributed by atoms with Crippen LogP contribution in [-0.2, 0) is 16.2 Å². The summed E-state index contributed by atoms with van der Waals surface area (Å²) in [7, 11) is 0. The van der Waals surface area contributed by atoms with E-state index in [2.05, 4.69) is 0 Å². The minimum Gasteiger partial charge on any atom is -0.489 e. The van der Waals surface area contributed by atoms with Crippen LogP contribution in [0.1, 0.15) is 36.8 Å². The largest absolute Gasteiger partial charge is 0.489 e. The van der Waals surface area contributed by atoms with E-state index >= 15 is 0 Å². The molecule has 0 aromatic heterocycles. The highest BCUT2D eigenvalue weighted by atomic mass is 32.2. The van der Waals surface area contributed by atoms with Gasteiger partial charge in [0.1, 0.15) is 16.7 Å². The van der Waals surface area contributed by atoms with Gasteiger partial charge in [0.2, 0.25) is 0 Å². The first-order valence-electron chi connectivity index (χ1n) is 9.77. The Morgan fingerprint density at radius 3 is 2.67 bits per heavy atom. The number of aliphatic carboxylic acids is 1. The number of hydrogen-bond donors (Lipinski definition) is 1. The predicted octanol–water partition coefficient (Wildman–Crippen LogP) is 5.11. The van der Waals surface area contributed by atoms with Crippen LogP contribution in [0, 0.1) is 0 Å². The van der Waals surface area contributed by atoms with E-state index in [-0.39, 0.29) is 12.3 Å². The maximum Gasteiger partial charge on any atom is 0.303 e. The van der Waals surface area contributed by atoms with Crippen molar-refractivity contribution in [2.75, 3.05) is 6.54 Å². The zero-order valence-corrected chi connectivity index (χ0v) is 18.1. The van der Waals surface area contributed by atoms with Crippen molar-refractivity contribution in [3.05, 3.63) is 70.6 Å². The average molecular weight is 442 g/mol. The summed E-state index contributed by atoms with van der Waals surface area (Å²) in [4.78, 5) is 25.5. The van der Waals surface area contributed by atoms with E-state index < -0.39 is 5.97 Å². The second kappa shape index (κ2) is 10.9. The molecule has 2 aromatic carbocycles. The Bertz CT molecular complexity index is 943. The first kappa shape index (κ1) is 22.1. The maximum absolute atomic E-state index is 12.7. The number of benzene rings is 2. The zero-order chi connectivity index (χ0) is 21.3. The fourth-order valence-corrected chi connectivity index (χ4v) is 4.31. The van der Waals surface area contributed by atoms with Gasteiger partial charge in [-0.25, -0.2) is 0 Å². The zero-order valence-electron chi connectivity index (χ0n) is 16.5. The van der Waals surface area contributed by atoms with Gasteiger partial charge in [-0.05, 0) is 42.2 Å². The van der Waals surface area contributed by atoms with Gasteiger partial charge in [0.05, 0.1) is 4.91 Å². The van der Waals surface area contributed by atoms with Crippen molar-refractivity contribution in [2.24, 2.45) is 0 Å². The Balaban J connectivity index is 1.57. The van der Waals surface area contributed by atoms with E-state index in [1.807, 2.05) is 60.7 Å². The molecular weight excluding hydrogens is 418 g/mol. The fraction of sp³-hybridized carbons (Fsp3) is 0.261. The van der Waals surface area contributed by atoms with E-state index in [9.17, 15) is 9.59 Å². The highest BCUT2D eigenvalue weighted by molar-refractivity contribution is 8.26. The van der Waals surface area contributed by atoms with Crippen molar-refractivity contribution >= 4 is 46.3 Å². The monoisotopic (exact) mass is 441 g/mol. The number of carboxylic acid groups (broad SMARTS) is 1. The molecule has 0 unspecified atom stereocenters. The molecule has 0 radical (unpaired) electrons. The first-order chi connectivity index (χ1) is 14.5. The molecule has 3 rings (SSSR count). The third kappa shape index (κ3) is 6.43. The first-order valence-corrected chi connectivity index (χ1v) is 11.0. The van der Waals surface area contributed by atoms with E-state index in [0.29, 0.717) is 28.8 Å². The third-order valence-corrected chi connectivity index (χ3v) is 5.93. The highest BCUT2D eigenvalue weighted by Crippen LogP contribution is 2.33. The van der Waals surface area contributed by atoms with Gasteiger partial charge in [-0.15, -0.1) is 0 Å². The van der Waals surface area contributed by atoms with Crippen LogP contribution >= 0.6 is 24.0 Å². The van der Waals surface area contributed by atoms with Crippen LogP contribution in [0.3, 0.4) is 0 Å². The van der Waals surface area contributed by atoms with E-state index in [0.717, 1.165) is 29.7 Å². The van der Waals surface area contributed by atoms with Crippen LogP contribution in [0.25, 0.3) is 6.08 Å². The van der Waals surface area contributed by atoms with Crippen molar-refractivity contribution in [3.63, 3.8) is 0 Å². The van der Waals surface area contributed by atoms with Crippen LogP contribution in [0.2, 0.25) is 0 Å². The number of amides is 1. The topological polar surface area (TPSA) is 66.8 Å². The molecule has 1 aliphatic rings. The number of carboxylic acids is 1. The summed E-state index contributed by atoms with van der Waals surface area (Å²) in [5, 5.41) is 8.69. The van der Waals surface area contributed by atoms with Crippen LogP contribution in [-0.4, -0.2) is 32.7 Å². The molecule has 2 aromatic rings. The van der Waals surface area contributed by atoms with Crippen LogP contribution in [0.4, 0.5) is 0 Å². The lowest BCUT2D eigenvalue weighted by Crippen LogP contribution is -2.29. The molecule has 7 heteroatoms. The van der Waals surface area contributed by atoms with Crippen molar-refractivity contribution < 1.29 is 19.4 Å². The number of unbranched alkanes of at least 4 members (excludes halogenated alkanes) is 2. The van der Waals surface area contributed by atoms with Crippen molar-refractivity contribution in [3.8, 4) is 5.75 Å². The maximum atomic E-state index is 12.7. The lowest BCUT2D eigenvalue weighted by atomic mass is 10.2. The van der Waals surface area contributed by atoms with Gasteiger partial charge in [-0.2, -0.15) is 0 Å². The number of carbonyl (C=O) groups is 2. The van der Waals surface area contributed by atoms with Crippen LogP contribution < -0.4 is 4.74 Å². The van der Waals surface area contributed by atoms with Gasteiger partial charge in [0.15, 0.2) is 0 Å². The summed E-state index contributed by atoms with van der Waals surface area (Å²) in [6.07, 6.45) is 4.08. The summed E-state index contributed by atoms with van der Waals surface area (Å²) in [5.74, 6) is -0.154. The number of rotatable bonds is 10. The minimum atomic E-state index is -0.793. The van der Waals surface area contributed by atoms with Gasteiger partial charge in [-0.1, -0.05) is 72.9 Å². The predicted molar refractivity (Wildman–Crippen MR) is 123 cm³/mol. The van der Waals surface area contributed by atoms with Gasteiger partial charge in [-0.3, -0.25) is 14.5 Å². The third-order valence-electron chi connectivity index (χ3n) is 4.55. The lowest BCUT2D eigenvalue weighted by molar-refractivity contribution is -0.137. The van der Waals surface area contributed by atoms with Crippen LogP contribution in [0.15, 0.2) is 59.5 Å². The van der Waals surface area contributed by atoms with E-state index in [4.69, 9.17) is 22.1 Å². The quantitative estimate of drug-likeness (QED) is 0.314. The summed E-state index contributed by atoms with van der Waals surface area (Å²) in [5.41, 5.74) is 1.97. The summed E-state index contributed by atoms with van der Waals surface area (Å²) < 4.78 is 6.40. The fourth-order valence-electron chi connectivity index (χ4n) is 3.00. The molecule has 1 fully saturated rings. The Hall–Kier alpha value is -2.64. The molecule has 1 saturated heterocycles. The SMILES string of the molecule is O=C(O)CCCCCN1C(=O)/C(=C/c2cccc(OCc3ccccc3)c2)SC1=S. The second-order valence-electron chi connectivity index (χ2n) is 6.88. The number of thioether (sulfide) groups is 1. The Labute approximate surface area is 185 Å². The molecule has 1 N–H and O–H groups in total. The standard InChI is InChI=1S/C23H23NO4S2/c25-21(26)12-5-2-6-13-24-22(27)20(30-23(24)29)15-18-10-7-11-19(14-18)28-16-17-8-3-1-4-9-17/h1,3-4,7-11,14-15H,2,5-6,12-13,16H2,(H,25,26)/b20-15-. The Kier molecular flexibility index (Phi) is 8.04. The highest BCUT2D eigenvalue weighted by Gasteiger charge is 2.31. The molecule has 0 atom stereocenters. The van der Waals surface area contributed by atoms with Gasteiger partial charge in [0, 0.05) is 13.0 Å². The van der Waals surface area contributed by atoms with Gasteiger partial charge in [0.25, 0.3) is 5.91 Å². The van der Waals surface area contributed by atoms with Crippen molar-refractivity contribution in [1.82, 2.24) is 4.90 Å². The summed E-state index contributed by atoms with van der Waals surface area (Å²) >= 11 is 6.66. The van der Waals surface area contributed by atoms with E-state index in [1.165, 1.54) is 11.8 Å². The van der Waals surface area contributed by atoms with Crippen molar-refractivity contribution in [2.45, 2.75) is 32.3 Å². The molecule has 0 bridgehead atoms. The molecule has 1 amide bonds. The van der Waals surface area contributed by atoms with Gasteiger partial charge < -0.3 is 9.84 Å². The minimum absolute atomic E-state index is 0.0983. The molecule has 1 aliphatic heterocycles.